The van der Waals surface area contributed by atoms with Gasteiger partial charge < -0.3 is 4.74 Å². The lowest BCUT2D eigenvalue weighted by molar-refractivity contribution is 0.234. The Morgan fingerprint density at radius 2 is 1.61 bits per heavy atom. The summed E-state index contributed by atoms with van der Waals surface area (Å²) in [5.74, 6) is 0.608. The van der Waals surface area contributed by atoms with Crippen LogP contribution in [-0.2, 0) is 10.0 Å². The molecule has 0 unspecified atom stereocenters. The molecular formula is C23H33N3O3S2. The maximum Gasteiger partial charge on any atom is 0.242 e. The summed E-state index contributed by atoms with van der Waals surface area (Å²) in [6.07, 6.45) is 1.75. The second kappa shape index (κ2) is 11.5. The first kappa shape index (κ1) is 25.2. The number of nitrogens with zero attached hydrogens (tertiary/aromatic N) is 2. The zero-order chi connectivity index (χ0) is 23.0. The fourth-order valence-electron chi connectivity index (χ4n) is 2.67. The number of aromatic nitrogens is 2. The van der Waals surface area contributed by atoms with Gasteiger partial charge >= 0.3 is 0 Å². The lowest BCUT2D eigenvalue weighted by Crippen LogP contribution is -2.32. The van der Waals surface area contributed by atoms with Crippen LogP contribution in [0.4, 0.5) is 0 Å². The summed E-state index contributed by atoms with van der Waals surface area (Å²) >= 11 is 1.64. The number of fused-ring (bicyclic) bond motifs is 1. The molecule has 1 aromatic carbocycles. The van der Waals surface area contributed by atoms with Gasteiger partial charge in [0.25, 0.3) is 0 Å². The van der Waals surface area contributed by atoms with Crippen LogP contribution in [0.3, 0.4) is 0 Å². The van der Waals surface area contributed by atoms with Crippen molar-refractivity contribution in [3.05, 3.63) is 41.8 Å². The van der Waals surface area contributed by atoms with Crippen LogP contribution < -0.4 is 9.46 Å². The highest BCUT2D eigenvalue weighted by Crippen LogP contribution is 2.32. The number of sulfonamides is 1. The second-order valence-electron chi connectivity index (χ2n) is 7.53. The topological polar surface area (TPSA) is 81.2 Å². The van der Waals surface area contributed by atoms with E-state index in [1.165, 1.54) is 0 Å². The van der Waals surface area contributed by atoms with Crippen molar-refractivity contribution < 1.29 is 13.2 Å². The van der Waals surface area contributed by atoms with E-state index in [1.54, 1.807) is 11.3 Å². The molecule has 1 saturated carbocycles. The molecule has 0 saturated heterocycles. The van der Waals surface area contributed by atoms with Crippen molar-refractivity contribution in [2.24, 2.45) is 0 Å². The summed E-state index contributed by atoms with van der Waals surface area (Å²) in [5, 5.41) is 1.95. The van der Waals surface area contributed by atoms with E-state index >= 15 is 0 Å². The maximum atomic E-state index is 11.1. The molecule has 2 aromatic heterocycles. The Hall–Kier alpha value is -2.03. The van der Waals surface area contributed by atoms with Gasteiger partial charge in [0, 0.05) is 6.04 Å². The van der Waals surface area contributed by atoms with E-state index in [2.05, 4.69) is 9.71 Å². The summed E-state index contributed by atoms with van der Waals surface area (Å²) in [5.41, 5.74) is 2.57. The molecule has 3 aromatic rings. The molecule has 6 nitrogen and oxygen atoms in total. The SMILES string of the molecule is CC.CC(C)NS(=O)(=O)C1CC1.CC(C)Oc1nc2ccccc2nc1-c1cccs1. The third-order valence-electron chi connectivity index (χ3n) is 4.00. The third kappa shape index (κ3) is 7.55. The highest BCUT2D eigenvalue weighted by Gasteiger charge is 2.35. The maximum absolute atomic E-state index is 11.1. The molecule has 2 heterocycles. The highest BCUT2D eigenvalue weighted by atomic mass is 32.2. The molecule has 170 valence electrons. The van der Waals surface area contributed by atoms with Gasteiger partial charge in [-0.15, -0.1) is 11.3 Å². The van der Waals surface area contributed by atoms with E-state index in [1.807, 2.05) is 83.3 Å². The lowest BCUT2D eigenvalue weighted by atomic mass is 10.2. The van der Waals surface area contributed by atoms with Gasteiger partial charge in [0.2, 0.25) is 15.9 Å². The Morgan fingerprint density at radius 3 is 2.10 bits per heavy atom. The van der Waals surface area contributed by atoms with Crippen LogP contribution in [0.25, 0.3) is 21.6 Å². The van der Waals surface area contributed by atoms with Crippen molar-refractivity contribution in [3.8, 4) is 16.5 Å². The van der Waals surface area contributed by atoms with Crippen molar-refractivity contribution in [2.45, 2.75) is 71.8 Å². The normalized spacial score (nSPS) is 13.4. The quantitative estimate of drug-likeness (QED) is 0.511. The molecule has 1 N–H and O–H groups in total. The summed E-state index contributed by atoms with van der Waals surface area (Å²) in [7, 11) is -2.94. The molecule has 8 heteroatoms. The number of thiophene rings is 1. The van der Waals surface area contributed by atoms with Crippen LogP contribution in [0.5, 0.6) is 5.88 Å². The van der Waals surface area contributed by atoms with Gasteiger partial charge in [-0.1, -0.05) is 32.0 Å². The average Bonchev–Trinajstić information content (AvgIpc) is 3.45. The highest BCUT2D eigenvalue weighted by molar-refractivity contribution is 7.90. The summed E-state index contributed by atoms with van der Waals surface area (Å²) in [6, 6.07) is 11.9. The summed E-state index contributed by atoms with van der Waals surface area (Å²) in [6.45, 7) is 11.7. The van der Waals surface area contributed by atoms with Crippen molar-refractivity contribution >= 4 is 32.4 Å². The Morgan fingerprint density at radius 1 is 1.00 bits per heavy atom. The standard InChI is InChI=1S/C15H14N2OS.C6H13NO2S.C2H6/c1-10(2)18-15-14(13-8-5-9-19-13)16-11-6-3-4-7-12(11)17-15;1-5(2)7-10(8,9)6-3-4-6;1-2/h3-10H,1-2H3;5-7H,3-4H2,1-2H3;1-2H3. The number of para-hydroxylation sites is 2. The lowest BCUT2D eigenvalue weighted by Gasteiger charge is -2.12. The van der Waals surface area contributed by atoms with Crippen molar-refractivity contribution in [3.63, 3.8) is 0 Å². The van der Waals surface area contributed by atoms with E-state index in [-0.39, 0.29) is 17.4 Å². The Kier molecular flexibility index (Phi) is 9.40. The fourth-order valence-corrected chi connectivity index (χ4v) is 4.98. The molecule has 1 aliphatic rings. The van der Waals surface area contributed by atoms with Gasteiger partial charge in [0.05, 0.1) is 27.3 Å². The van der Waals surface area contributed by atoms with Crippen molar-refractivity contribution in [2.75, 3.05) is 0 Å². The van der Waals surface area contributed by atoms with Crippen LogP contribution in [0.1, 0.15) is 54.4 Å². The summed E-state index contributed by atoms with van der Waals surface area (Å²) < 4.78 is 30.5. The predicted molar refractivity (Wildman–Crippen MR) is 130 cm³/mol. The smallest absolute Gasteiger partial charge is 0.242 e. The number of ether oxygens (including phenoxy) is 1. The molecule has 0 atom stereocenters. The first-order valence-electron chi connectivity index (χ1n) is 10.7. The van der Waals surface area contributed by atoms with Crippen LogP contribution in [0.2, 0.25) is 0 Å². The van der Waals surface area contributed by atoms with E-state index in [0.29, 0.717) is 5.88 Å². The Bertz CT molecular complexity index is 1050. The van der Waals surface area contributed by atoms with Crippen LogP contribution in [-0.4, -0.2) is 35.8 Å². The first-order chi connectivity index (χ1) is 14.8. The Labute approximate surface area is 190 Å². The molecule has 1 aliphatic carbocycles. The van der Waals surface area contributed by atoms with Crippen molar-refractivity contribution in [1.29, 1.82) is 0 Å². The second-order valence-corrected chi connectivity index (χ2v) is 10.5. The number of benzene rings is 1. The zero-order valence-corrected chi connectivity index (χ0v) is 20.8. The minimum atomic E-state index is -2.94. The van der Waals surface area contributed by atoms with Gasteiger partial charge in [-0.05, 0) is 64.1 Å². The first-order valence-corrected chi connectivity index (χ1v) is 13.2. The average molecular weight is 464 g/mol. The van der Waals surface area contributed by atoms with Crippen LogP contribution >= 0.6 is 11.3 Å². The van der Waals surface area contributed by atoms with Crippen LogP contribution in [0.15, 0.2) is 41.8 Å². The third-order valence-corrected chi connectivity index (χ3v) is 7.03. The van der Waals surface area contributed by atoms with Gasteiger partial charge in [-0.2, -0.15) is 0 Å². The Balaban J connectivity index is 0.000000241. The molecule has 0 amide bonds. The zero-order valence-electron chi connectivity index (χ0n) is 19.1. The largest absolute Gasteiger partial charge is 0.473 e. The molecule has 31 heavy (non-hydrogen) atoms. The predicted octanol–water partition coefficient (Wildman–Crippen LogP) is 5.65. The monoisotopic (exact) mass is 463 g/mol. The van der Waals surface area contributed by atoms with E-state index in [0.717, 1.165) is 34.4 Å². The van der Waals surface area contributed by atoms with E-state index < -0.39 is 10.0 Å². The molecule has 0 aliphatic heterocycles. The van der Waals surface area contributed by atoms with Crippen molar-refractivity contribution in [1.82, 2.24) is 14.7 Å². The summed E-state index contributed by atoms with van der Waals surface area (Å²) in [4.78, 5) is 10.4. The molecule has 1 fully saturated rings. The van der Waals surface area contributed by atoms with Gasteiger partial charge in [0.15, 0.2) is 0 Å². The number of hydrogen-bond acceptors (Lipinski definition) is 6. The molecule has 4 rings (SSSR count). The molecule has 0 radical (unpaired) electrons. The van der Waals surface area contributed by atoms with Crippen LogP contribution in [0, 0.1) is 0 Å². The minimum Gasteiger partial charge on any atom is -0.473 e. The molecular weight excluding hydrogens is 430 g/mol. The number of rotatable bonds is 6. The van der Waals surface area contributed by atoms with E-state index in [9.17, 15) is 8.42 Å². The minimum absolute atomic E-state index is 0.0330. The molecule has 0 spiro atoms. The number of hydrogen-bond donors (Lipinski definition) is 1. The number of nitrogens with one attached hydrogen (secondary N) is 1. The van der Waals surface area contributed by atoms with E-state index in [4.69, 9.17) is 9.72 Å². The van der Waals surface area contributed by atoms with Gasteiger partial charge in [-0.25, -0.2) is 23.1 Å². The van der Waals surface area contributed by atoms with Gasteiger partial charge in [0.1, 0.15) is 5.69 Å². The van der Waals surface area contributed by atoms with Gasteiger partial charge in [-0.3, -0.25) is 0 Å². The molecule has 0 bridgehead atoms. The fraction of sp³-hybridized carbons (Fsp3) is 0.478.